The molecular weight excluding hydrogens is 363 g/mol. The van der Waals surface area contributed by atoms with E-state index in [1.807, 2.05) is 60.4 Å². The van der Waals surface area contributed by atoms with E-state index in [0.717, 1.165) is 20.4 Å². The van der Waals surface area contributed by atoms with Crippen LogP contribution in [0.2, 0.25) is 0 Å². The third kappa shape index (κ3) is 3.50. The Labute approximate surface area is 132 Å². The molecule has 20 heavy (non-hydrogen) atoms. The summed E-state index contributed by atoms with van der Waals surface area (Å²) < 4.78 is 0.973. The molecule has 0 aliphatic rings. The molecule has 0 fully saturated rings. The highest BCUT2D eigenvalue weighted by molar-refractivity contribution is 14.1. The molecule has 2 aromatic carbocycles. The van der Waals surface area contributed by atoms with Crippen LogP contribution in [-0.4, -0.2) is 17.4 Å². The summed E-state index contributed by atoms with van der Waals surface area (Å²) in [7, 11) is 0. The number of nitrogen functional groups attached to an aromatic ring is 1. The van der Waals surface area contributed by atoms with Crippen LogP contribution >= 0.6 is 22.6 Å². The number of benzene rings is 2. The van der Waals surface area contributed by atoms with Crippen LogP contribution in [0, 0.1) is 3.57 Å². The topological polar surface area (TPSA) is 46.3 Å². The van der Waals surface area contributed by atoms with Crippen molar-refractivity contribution in [3.63, 3.8) is 0 Å². The molecule has 0 atom stereocenters. The van der Waals surface area contributed by atoms with Gasteiger partial charge in [-0.2, -0.15) is 0 Å². The van der Waals surface area contributed by atoms with Gasteiger partial charge in [0.2, 0.25) is 0 Å². The largest absolute Gasteiger partial charge is 0.399 e. The molecule has 0 radical (unpaired) electrons. The Kier molecular flexibility index (Phi) is 5.00. The fraction of sp³-hybridized carbons (Fsp3) is 0.188. The van der Waals surface area contributed by atoms with Gasteiger partial charge in [0.25, 0.3) is 5.91 Å². The van der Waals surface area contributed by atoms with Crippen molar-refractivity contribution in [1.29, 1.82) is 0 Å². The van der Waals surface area contributed by atoms with Gasteiger partial charge in [-0.15, -0.1) is 0 Å². The van der Waals surface area contributed by atoms with Crippen LogP contribution < -0.4 is 5.73 Å². The predicted molar refractivity (Wildman–Crippen MR) is 90.4 cm³/mol. The van der Waals surface area contributed by atoms with E-state index in [9.17, 15) is 4.79 Å². The Morgan fingerprint density at radius 2 is 1.95 bits per heavy atom. The molecule has 1 amide bonds. The average Bonchev–Trinajstić information content (AvgIpc) is 2.44. The van der Waals surface area contributed by atoms with Crippen molar-refractivity contribution in [1.82, 2.24) is 4.90 Å². The number of anilines is 1. The molecule has 0 aliphatic carbocycles. The minimum Gasteiger partial charge on any atom is -0.399 e. The first-order valence-electron chi connectivity index (χ1n) is 6.50. The Morgan fingerprint density at radius 1 is 1.20 bits per heavy atom. The van der Waals surface area contributed by atoms with Gasteiger partial charge in [-0.1, -0.05) is 24.3 Å². The number of amides is 1. The molecule has 0 saturated heterocycles. The van der Waals surface area contributed by atoms with Crippen molar-refractivity contribution in [2.45, 2.75) is 13.5 Å². The zero-order chi connectivity index (χ0) is 14.5. The summed E-state index contributed by atoms with van der Waals surface area (Å²) in [6, 6.07) is 15.3. The Morgan fingerprint density at radius 3 is 2.60 bits per heavy atom. The summed E-state index contributed by atoms with van der Waals surface area (Å²) in [5, 5.41) is 0. The maximum absolute atomic E-state index is 12.6. The number of carbonyl (C=O) groups is 1. The monoisotopic (exact) mass is 380 g/mol. The molecule has 3 nitrogen and oxygen atoms in total. The summed E-state index contributed by atoms with van der Waals surface area (Å²) in [5.41, 5.74) is 8.30. The van der Waals surface area contributed by atoms with E-state index in [4.69, 9.17) is 5.73 Å². The summed E-state index contributed by atoms with van der Waals surface area (Å²) in [5.74, 6) is 0.0555. The lowest BCUT2D eigenvalue weighted by atomic mass is 10.1. The summed E-state index contributed by atoms with van der Waals surface area (Å²) >= 11 is 2.19. The van der Waals surface area contributed by atoms with Gasteiger partial charge in [-0.05, 0) is 59.3 Å². The van der Waals surface area contributed by atoms with Crippen LogP contribution in [-0.2, 0) is 6.54 Å². The summed E-state index contributed by atoms with van der Waals surface area (Å²) in [6.07, 6.45) is 0. The number of nitrogens with two attached hydrogens (primary N) is 1. The fourth-order valence-corrected chi connectivity index (χ4v) is 2.66. The number of carbonyl (C=O) groups excluding carboxylic acids is 1. The van der Waals surface area contributed by atoms with Gasteiger partial charge in [-0.25, -0.2) is 0 Å². The molecule has 2 N–H and O–H groups in total. The normalized spacial score (nSPS) is 10.3. The lowest BCUT2D eigenvalue weighted by molar-refractivity contribution is 0.0751. The van der Waals surface area contributed by atoms with E-state index >= 15 is 0 Å². The minimum absolute atomic E-state index is 0.0555. The number of rotatable bonds is 4. The van der Waals surface area contributed by atoms with E-state index in [0.29, 0.717) is 13.1 Å². The van der Waals surface area contributed by atoms with E-state index in [2.05, 4.69) is 22.6 Å². The quantitative estimate of drug-likeness (QED) is 0.652. The lowest BCUT2D eigenvalue weighted by Gasteiger charge is -2.22. The molecule has 4 heteroatoms. The Hall–Kier alpha value is -1.56. The number of nitrogens with zero attached hydrogens (tertiary/aromatic N) is 1. The lowest BCUT2D eigenvalue weighted by Crippen LogP contribution is -2.30. The second-order valence-corrected chi connectivity index (χ2v) is 5.71. The van der Waals surface area contributed by atoms with Gasteiger partial charge in [-0.3, -0.25) is 4.79 Å². The van der Waals surface area contributed by atoms with Gasteiger partial charge in [0.05, 0.1) is 5.56 Å². The second kappa shape index (κ2) is 6.74. The van der Waals surface area contributed by atoms with E-state index in [1.165, 1.54) is 0 Å². The highest BCUT2D eigenvalue weighted by atomic mass is 127. The van der Waals surface area contributed by atoms with E-state index in [-0.39, 0.29) is 5.91 Å². The maximum atomic E-state index is 12.6. The molecule has 2 aromatic rings. The van der Waals surface area contributed by atoms with Gasteiger partial charge < -0.3 is 10.6 Å². The Balaban J connectivity index is 2.20. The predicted octanol–water partition coefficient (Wildman–Crippen LogP) is 3.54. The molecule has 0 unspecified atom stereocenters. The molecule has 0 saturated carbocycles. The van der Waals surface area contributed by atoms with Crippen molar-refractivity contribution in [2.75, 3.05) is 12.3 Å². The van der Waals surface area contributed by atoms with Crippen LogP contribution in [0.5, 0.6) is 0 Å². The SMILES string of the molecule is CCN(Cc1cccc(N)c1)C(=O)c1ccccc1I. The van der Waals surface area contributed by atoms with Gasteiger partial charge >= 0.3 is 0 Å². The highest BCUT2D eigenvalue weighted by Crippen LogP contribution is 2.16. The average molecular weight is 380 g/mol. The molecule has 0 aliphatic heterocycles. The number of hydrogen-bond donors (Lipinski definition) is 1. The highest BCUT2D eigenvalue weighted by Gasteiger charge is 2.16. The van der Waals surface area contributed by atoms with Crippen molar-refractivity contribution >= 4 is 34.2 Å². The maximum Gasteiger partial charge on any atom is 0.255 e. The molecule has 2 rings (SSSR count). The number of halogens is 1. The van der Waals surface area contributed by atoms with Crippen LogP contribution in [0.15, 0.2) is 48.5 Å². The smallest absolute Gasteiger partial charge is 0.255 e. The van der Waals surface area contributed by atoms with Crippen LogP contribution in [0.25, 0.3) is 0 Å². The first-order valence-corrected chi connectivity index (χ1v) is 7.58. The molecule has 0 bridgehead atoms. The summed E-state index contributed by atoms with van der Waals surface area (Å²) in [6.45, 7) is 3.23. The van der Waals surface area contributed by atoms with E-state index in [1.54, 1.807) is 0 Å². The van der Waals surface area contributed by atoms with Gasteiger partial charge in [0.1, 0.15) is 0 Å². The van der Waals surface area contributed by atoms with E-state index < -0.39 is 0 Å². The molecule has 0 heterocycles. The third-order valence-corrected chi connectivity index (χ3v) is 4.04. The zero-order valence-electron chi connectivity index (χ0n) is 11.3. The van der Waals surface area contributed by atoms with Crippen molar-refractivity contribution in [3.8, 4) is 0 Å². The molecule has 104 valence electrons. The molecule has 0 aromatic heterocycles. The van der Waals surface area contributed by atoms with Crippen LogP contribution in [0.4, 0.5) is 5.69 Å². The third-order valence-electron chi connectivity index (χ3n) is 3.10. The van der Waals surface area contributed by atoms with Gasteiger partial charge in [0.15, 0.2) is 0 Å². The van der Waals surface area contributed by atoms with Crippen molar-refractivity contribution in [3.05, 3.63) is 63.2 Å². The second-order valence-electron chi connectivity index (χ2n) is 4.54. The van der Waals surface area contributed by atoms with Crippen molar-refractivity contribution in [2.24, 2.45) is 0 Å². The van der Waals surface area contributed by atoms with Crippen LogP contribution in [0.3, 0.4) is 0 Å². The fourth-order valence-electron chi connectivity index (χ4n) is 2.04. The first kappa shape index (κ1) is 14.8. The van der Waals surface area contributed by atoms with Gasteiger partial charge in [0, 0.05) is 22.3 Å². The first-order chi connectivity index (χ1) is 9.61. The van der Waals surface area contributed by atoms with Crippen LogP contribution in [0.1, 0.15) is 22.8 Å². The Bertz CT molecular complexity index is 613. The standard InChI is InChI=1S/C16H17IN2O/c1-2-19(11-12-6-5-7-13(18)10-12)16(20)14-8-3-4-9-15(14)17/h3-10H,2,11,18H2,1H3. The van der Waals surface area contributed by atoms with Crippen molar-refractivity contribution < 1.29 is 4.79 Å². The summed E-state index contributed by atoms with van der Waals surface area (Å²) in [4.78, 5) is 14.4. The molecule has 0 spiro atoms. The molecular formula is C16H17IN2O. The number of hydrogen-bond acceptors (Lipinski definition) is 2. The minimum atomic E-state index is 0.0555. The zero-order valence-corrected chi connectivity index (χ0v) is 13.5.